The van der Waals surface area contributed by atoms with E-state index >= 15 is 0 Å². The Morgan fingerprint density at radius 2 is 1.05 bits per heavy atom. The number of carbonyl (C=O) groups is 2. The number of amides is 2. The van der Waals surface area contributed by atoms with Gasteiger partial charge in [0.15, 0.2) is 0 Å². The van der Waals surface area contributed by atoms with Gasteiger partial charge >= 0.3 is 11.8 Å². The fourth-order valence-corrected chi connectivity index (χ4v) is 6.26. The molecule has 122 valence electrons. The van der Waals surface area contributed by atoms with Crippen molar-refractivity contribution in [2.75, 3.05) is 0 Å². The SMILES string of the molecule is O=C(C(=O)N(S)C12CCC(CC1)C2)N(S)C12CCC(CC1)C2. The molecule has 4 bridgehead atoms. The van der Waals surface area contributed by atoms with Crippen molar-refractivity contribution in [2.24, 2.45) is 11.8 Å². The maximum absolute atomic E-state index is 12.7. The number of fused-ring (bicyclic) bond motifs is 4. The summed E-state index contributed by atoms with van der Waals surface area (Å²) in [7, 11) is 0. The predicted octanol–water partition coefficient (Wildman–Crippen LogP) is 3.00. The van der Waals surface area contributed by atoms with Gasteiger partial charge in [0.05, 0.1) is 11.1 Å². The number of thiol groups is 2. The Kier molecular flexibility index (Phi) is 3.50. The van der Waals surface area contributed by atoms with Crippen LogP contribution in [0.3, 0.4) is 0 Å². The summed E-state index contributed by atoms with van der Waals surface area (Å²) < 4.78 is 2.92. The van der Waals surface area contributed by atoms with Crippen LogP contribution >= 0.6 is 25.6 Å². The van der Waals surface area contributed by atoms with Gasteiger partial charge in [-0.3, -0.25) is 18.2 Å². The van der Waals surface area contributed by atoms with Crippen molar-refractivity contribution in [2.45, 2.75) is 75.3 Å². The average Bonchev–Trinajstić information content (AvgIpc) is 3.32. The van der Waals surface area contributed by atoms with Gasteiger partial charge in [-0.15, -0.1) is 0 Å². The first kappa shape index (κ1) is 15.2. The van der Waals surface area contributed by atoms with Crippen molar-refractivity contribution in [3.05, 3.63) is 0 Å². The van der Waals surface area contributed by atoms with Crippen LogP contribution in [-0.2, 0) is 9.59 Å². The van der Waals surface area contributed by atoms with Crippen LogP contribution in [0.2, 0.25) is 0 Å². The van der Waals surface area contributed by atoms with E-state index in [9.17, 15) is 9.59 Å². The van der Waals surface area contributed by atoms with Crippen LogP contribution in [0.25, 0.3) is 0 Å². The summed E-state index contributed by atoms with van der Waals surface area (Å²) >= 11 is 8.92. The monoisotopic (exact) mass is 340 g/mol. The lowest BCUT2D eigenvalue weighted by Gasteiger charge is -2.39. The molecule has 6 heteroatoms. The highest BCUT2D eigenvalue weighted by atomic mass is 32.1. The van der Waals surface area contributed by atoms with Gasteiger partial charge in [-0.1, -0.05) is 25.6 Å². The number of hydrogen-bond acceptors (Lipinski definition) is 4. The highest BCUT2D eigenvalue weighted by Gasteiger charge is 2.54. The first-order valence-corrected chi connectivity index (χ1v) is 9.32. The maximum atomic E-state index is 12.7. The summed E-state index contributed by atoms with van der Waals surface area (Å²) in [6.45, 7) is 0. The van der Waals surface area contributed by atoms with E-state index < -0.39 is 11.8 Å². The molecule has 0 aromatic heterocycles. The molecule has 4 aliphatic carbocycles. The van der Waals surface area contributed by atoms with E-state index in [0.29, 0.717) is 11.8 Å². The molecule has 22 heavy (non-hydrogen) atoms. The molecule has 4 saturated carbocycles. The second-order valence-electron chi connectivity index (χ2n) is 7.98. The predicted molar refractivity (Wildman–Crippen MR) is 90.3 cm³/mol. The molecule has 0 aromatic rings. The van der Waals surface area contributed by atoms with E-state index in [4.69, 9.17) is 0 Å². The van der Waals surface area contributed by atoms with Crippen LogP contribution in [0.4, 0.5) is 0 Å². The molecule has 0 spiro atoms. The quantitative estimate of drug-likeness (QED) is 0.599. The molecule has 0 aliphatic heterocycles. The van der Waals surface area contributed by atoms with E-state index in [-0.39, 0.29) is 11.1 Å². The Labute approximate surface area is 143 Å². The van der Waals surface area contributed by atoms with Crippen molar-refractivity contribution in [1.29, 1.82) is 0 Å². The fourth-order valence-electron chi connectivity index (χ4n) is 5.53. The molecular weight excluding hydrogens is 316 g/mol. The van der Waals surface area contributed by atoms with Gasteiger partial charge in [0.25, 0.3) is 0 Å². The molecule has 0 saturated heterocycles. The highest BCUT2D eigenvalue weighted by Crippen LogP contribution is 2.53. The highest BCUT2D eigenvalue weighted by molar-refractivity contribution is 7.79. The van der Waals surface area contributed by atoms with E-state index in [0.717, 1.165) is 64.2 Å². The smallest absolute Gasteiger partial charge is 0.275 e. The molecule has 4 aliphatic rings. The van der Waals surface area contributed by atoms with Gasteiger partial charge in [0.2, 0.25) is 0 Å². The topological polar surface area (TPSA) is 40.6 Å². The van der Waals surface area contributed by atoms with E-state index in [1.807, 2.05) is 0 Å². The summed E-state index contributed by atoms with van der Waals surface area (Å²) in [5, 5.41) is 0. The second-order valence-corrected chi connectivity index (χ2v) is 8.78. The van der Waals surface area contributed by atoms with Gasteiger partial charge in [-0.05, 0) is 76.0 Å². The van der Waals surface area contributed by atoms with E-state index in [2.05, 4.69) is 25.6 Å². The minimum Gasteiger partial charge on any atom is -0.275 e. The summed E-state index contributed by atoms with van der Waals surface area (Å²) in [6.07, 6.45) is 10.6. The normalized spacial score (nSPS) is 41.9. The standard InChI is InChI=1S/C16H24N2O2S2/c19-13(17(21)15-5-1-11(9-15)2-6-15)14(20)18(22)16-7-3-12(10-16)4-8-16/h11-12,21-22H,1-10H2. The number of nitrogens with zero attached hydrogens (tertiary/aromatic N) is 2. The molecule has 0 heterocycles. The fraction of sp³-hybridized carbons (Fsp3) is 0.875. The zero-order valence-corrected chi connectivity index (χ0v) is 14.6. The van der Waals surface area contributed by atoms with Crippen LogP contribution in [0.1, 0.15) is 64.2 Å². The first-order chi connectivity index (χ1) is 10.5. The third-order valence-corrected chi connectivity index (χ3v) is 8.09. The summed E-state index contributed by atoms with van der Waals surface area (Å²) in [6, 6.07) is 0. The Morgan fingerprint density at radius 1 is 0.727 bits per heavy atom. The van der Waals surface area contributed by atoms with Crippen molar-refractivity contribution in [3.63, 3.8) is 0 Å². The summed E-state index contributed by atoms with van der Waals surface area (Å²) in [5.41, 5.74) is -0.360. The lowest BCUT2D eigenvalue weighted by molar-refractivity contribution is -0.150. The summed E-state index contributed by atoms with van der Waals surface area (Å²) in [5.74, 6) is 0.471. The zero-order valence-electron chi connectivity index (χ0n) is 12.8. The Hall–Kier alpha value is -0.360. The molecule has 2 amide bonds. The number of hydrogen-bond donors (Lipinski definition) is 2. The zero-order chi connectivity index (χ0) is 15.5. The van der Waals surface area contributed by atoms with Gasteiger partial charge < -0.3 is 0 Å². The maximum Gasteiger partial charge on any atom is 0.323 e. The third-order valence-electron chi connectivity index (χ3n) is 6.88. The molecule has 0 N–H and O–H groups in total. The van der Waals surface area contributed by atoms with Gasteiger partial charge in [-0.25, -0.2) is 0 Å². The number of rotatable bonds is 2. The van der Waals surface area contributed by atoms with Crippen LogP contribution in [0.15, 0.2) is 0 Å². The minimum absolute atomic E-state index is 0.180. The molecule has 0 unspecified atom stereocenters. The second kappa shape index (κ2) is 5.07. The minimum atomic E-state index is -0.481. The lowest BCUT2D eigenvalue weighted by Crippen LogP contribution is -2.53. The van der Waals surface area contributed by atoms with Gasteiger partial charge in [0, 0.05) is 0 Å². The Bertz CT molecular complexity index is 462. The first-order valence-electron chi connectivity index (χ1n) is 8.52. The summed E-state index contributed by atoms with van der Waals surface area (Å²) in [4.78, 5) is 25.4. The van der Waals surface area contributed by atoms with Crippen LogP contribution in [0, 0.1) is 11.8 Å². The third kappa shape index (κ3) is 2.05. The molecular formula is C16H24N2O2S2. The molecule has 4 fully saturated rings. The molecule has 0 atom stereocenters. The van der Waals surface area contributed by atoms with Crippen LogP contribution in [-0.4, -0.2) is 31.5 Å². The average molecular weight is 341 g/mol. The Morgan fingerprint density at radius 3 is 1.27 bits per heavy atom. The van der Waals surface area contributed by atoms with Crippen molar-refractivity contribution in [3.8, 4) is 0 Å². The molecule has 4 nitrogen and oxygen atoms in total. The molecule has 4 rings (SSSR count). The van der Waals surface area contributed by atoms with Gasteiger partial charge in [-0.2, -0.15) is 0 Å². The van der Waals surface area contributed by atoms with Crippen LogP contribution < -0.4 is 0 Å². The molecule has 0 radical (unpaired) electrons. The van der Waals surface area contributed by atoms with Crippen molar-refractivity contribution >= 4 is 37.4 Å². The Balaban J connectivity index is 1.49. The largest absolute Gasteiger partial charge is 0.323 e. The lowest BCUT2D eigenvalue weighted by atomic mass is 9.92. The van der Waals surface area contributed by atoms with Crippen molar-refractivity contribution in [1.82, 2.24) is 8.61 Å². The van der Waals surface area contributed by atoms with Gasteiger partial charge in [0.1, 0.15) is 0 Å². The number of carbonyl (C=O) groups excluding carboxylic acids is 2. The molecule has 0 aromatic carbocycles. The van der Waals surface area contributed by atoms with Crippen molar-refractivity contribution < 1.29 is 9.59 Å². The van der Waals surface area contributed by atoms with E-state index in [1.54, 1.807) is 0 Å². The van der Waals surface area contributed by atoms with Crippen LogP contribution in [0.5, 0.6) is 0 Å². The van der Waals surface area contributed by atoms with E-state index in [1.165, 1.54) is 8.61 Å².